The van der Waals surface area contributed by atoms with Crippen LogP contribution in [0.2, 0.25) is 0 Å². The average molecular weight is 251 g/mol. The Labute approximate surface area is 110 Å². The van der Waals surface area contributed by atoms with Gasteiger partial charge < -0.3 is 10.0 Å². The second-order valence-electron chi connectivity index (χ2n) is 5.64. The van der Waals surface area contributed by atoms with Gasteiger partial charge in [0.1, 0.15) is 0 Å². The molecule has 102 valence electrons. The Hall–Kier alpha value is -0.830. The van der Waals surface area contributed by atoms with Gasteiger partial charge in [-0.2, -0.15) is 0 Å². The minimum atomic E-state index is -0.635. The molecule has 1 amide bonds. The van der Waals surface area contributed by atoms with Gasteiger partial charge in [-0.15, -0.1) is 0 Å². The number of hydrogen-bond acceptors (Lipinski definition) is 2. The number of carbonyl (C=O) groups excluding carboxylic acids is 1. The summed E-state index contributed by atoms with van der Waals surface area (Å²) in [6, 6.07) is 0.157. The molecule has 0 spiro atoms. The summed E-state index contributed by atoms with van der Waals surface area (Å²) in [5, 5.41) is 10.3. The van der Waals surface area contributed by atoms with Gasteiger partial charge in [-0.3, -0.25) is 4.79 Å². The van der Waals surface area contributed by atoms with Gasteiger partial charge in [-0.1, -0.05) is 26.2 Å². The Morgan fingerprint density at radius 3 is 2.72 bits per heavy atom. The van der Waals surface area contributed by atoms with Crippen LogP contribution < -0.4 is 0 Å². The summed E-state index contributed by atoms with van der Waals surface area (Å²) in [6.07, 6.45) is 7.87. The molecule has 18 heavy (non-hydrogen) atoms. The average Bonchev–Trinajstić information content (AvgIpc) is 2.63. The summed E-state index contributed by atoms with van der Waals surface area (Å²) in [5.74, 6) is 0.0983. The molecule has 0 aromatic rings. The van der Waals surface area contributed by atoms with Crippen molar-refractivity contribution in [2.45, 2.75) is 77.5 Å². The van der Waals surface area contributed by atoms with Crippen LogP contribution >= 0.6 is 0 Å². The van der Waals surface area contributed by atoms with Gasteiger partial charge in [0.25, 0.3) is 5.91 Å². The van der Waals surface area contributed by atoms with E-state index in [-0.39, 0.29) is 11.9 Å². The van der Waals surface area contributed by atoms with Gasteiger partial charge in [-0.05, 0) is 44.6 Å². The smallest absolute Gasteiger partial charge is 0.252 e. The molecule has 3 heteroatoms. The Kier molecular flexibility index (Phi) is 4.44. The van der Waals surface area contributed by atoms with Crippen LogP contribution in [0.1, 0.15) is 65.2 Å². The summed E-state index contributed by atoms with van der Waals surface area (Å²) in [4.78, 5) is 14.0. The number of amides is 1. The number of rotatable bonds is 5. The normalized spacial score (nSPS) is 25.6. The number of nitrogens with zero attached hydrogens (tertiary/aromatic N) is 1. The van der Waals surface area contributed by atoms with Crippen LogP contribution in [0.5, 0.6) is 0 Å². The molecular weight excluding hydrogens is 226 g/mol. The maximum Gasteiger partial charge on any atom is 0.252 e. The van der Waals surface area contributed by atoms with Gasteiger partial charge in [0.15, 0.2) is 6.23 Å². The van der Waals surface area contributed by atoms with Crippen LogP contribution in [-0.2, 0) is 4.79 Å². The number of aliphatic hydroxyl groups excluding tert-OH is 1. The minimum Gasteiger partial charge on any atom is -0.369 e. The van der Waals surface area contributed by atoms with Crippen LogP contribution in [0.15, 0.2) is 11.1 Å². The first-order valence-corrected chi connectivity index (χ1v) is 7.39. The van der Waals surface area contributed by atoms with E-state index in [1.807, 2.05) is 0 Å². The highest BCUT2D eigenvalue weighted by Gasteiger charge is 2.40. The number of hydrogen-bond donors (Lipinski definition) is 1. The largest absolute Gasteiger partial charge is 0.369 e. The Morgan fingerprint density at radius 2 is 2.06 bits per heavy atom. The van der Waals surface area contributed by atoms with E-state index in [0.29, 0.717) is 0 Å². The van der Waals surface area contributed by atoms with Gasteiger partial charge in [0.05, 0.1) is 0 Å². The lowest BCUT2D eigenvalue weighted by molar-refractivity contribution is -0.135. The molecular formula is C15H25NO2. The first kappa shape index (κ1) is 13.6. The lowest BCUT2D eigenvalue weighted by Gasteiger charge is -2.29. The molecule has 0 fully saturated rings. The third kappa shape index (κ3) is 2.46. The third-order valence-corrected chi connectivity index (χ3v) is 4.28. The fourth-order valence-corrected chi connectivity index (χ4v) is 3.16. The molecule has 0 unspecified atom stereocenters. The lowest BCUT2D eigenvalue weighted by Crippen LogP contribution is -2.42. The maximum atomic E-state index is 12.3. The van der Waals surface area contributed by atoms with Gasteiger partial charge in [-0.25, -0.2) is 0 Å². The molecule has 1 heterocycles. The quantitative estimate of drug-likeness (QED) is 0.763. The fourth-order valence-electron chi connectivity index (χ4n) is 3.16. The van der Waals surface area contributed by atoms with Crippen molar-refractivity contribution in [3.63, 3.8) is 0 Å². The molecule has 0 saturated carbocycles. The van der Waals surface area contributed by atoms with E-state index >= 15 is 0 Å². The molecule has 2 rings (SSSR count). The second kappa shape index (κ2) is 5.87. The van der Waals surface area contributed by atoms with Crippen LogP contribution in [0.25, 0.3) is 0 Å². The molecule has 2 aliphatic rings. The van der Waals surface area contributed by atoms with E-state index in [1.165, 1.54) is 12.8 Å². The van der Waals surface area contributed by atoms with Crippen LogP contribution in [-0.4, -0.2) is 28.2 Å². The number of carbonyl (C=O) groups is 1. The summed E-state index contributed by atoms with van der Waals surface area (Å²) < 4.78 is 0. The SMILES string of the molecule is CCCCC[C@@H](C)N1C(=O)C2=C(CCCC2)[C@H]1O. The second-order valence-corrected chi connectivity index (χ2v) is 5.64. The Bertz CT molecular complexity index is 348. The first-order valence-electron chi connectivity index (χ1n) is 7.39. The fraction of sp³-hybridized carbons (Fsp3) is 0.800. The number of unbranched alkanes of at least 4 members (excludes halogenated alkanes) is 2. The molecule has 0 aromatic carbocycles. The molecule has 0 saturated heterocycles. The van der Waals surface area contributed by atoms with E-state index in [4.69, 9.17) is 0 Å². The van der Waals surface area contributed by atoms with Crippen molar-refractivity contribution in [3.05, 3.63) is 11.1 Å². The standard InChI is InChI=1S/C15H25NO2/c1-3-4-5-8-11(2)16-14(17)12-9-6-7-10-13(12)15(16)18/h11,14,17H,3-10H2,1-2H3/t11-,14-/m1/s1. The number of aliphatic hydroxyl groups is 1. The molecule has 0 bridgehead atoms. The molecule has 0 radical (unpaired) electrons. The zero-order valence-electron chi connectivity index (χ0n) is 11.6. The maximum absolute atomic E-state index is 12.3. The highest BCUT2D eigenvalue weighted by atomic mass is 16.3. The van der Waals surface area contributed by atoms with E-state index < -0.39 is 6.23 Å². The molecule has 1 aliphatic carbocycles. The summed E-state index contributed by atoms with van der Waals surface area (Å²) >= 11 is 0. The predicted octanol–water partition coefficient (Wildman–Crippen LogP) is 2.99. The molecule has 3 nitrogen and oxygen atoms in total. The summed E-state index contributed by atoms with van der Waals surface area (Å²) in [7, 11) is 0. The molecule has 0 aromatic heterocycles. The van der Waals surface area contributed by atoms with Gasteiger partial charge in [0.2, 0.25) is 0 Å². The summed E-state index contributed by atoms with van der Waals surface area (Å²) in [5.41, 5.74) is 1.92. The summed E-state index contributed by atoms with van der Waals surface area (Å²) in [6.45, 7) is 4.25. The van der Waals surface area contributed by atoms with Crippen LogP contribution in [0, 0.1) is 0 Å². The van der Waals surface area contributed by atoms with Crippen molar-refractivity contribution in [1.82, 2.24) is 4.90 Å². The lowest BCUT2D eigenvalue weighted by atomic mass is 9.93. The van der Waals surface area contributed by atoms with E-state index in [0.717, 1.165) is 49.7 Å². The van der Waals surface area contributed by atoms with Crippen LogP contribution in [0.4, 0.5) is 0 Å². The third-order valence-electron chi connectivity index (χ3n) is 4.28. The molecule has 1 aliphatic heterocycles. The monoisotopic (exact) mass is 251 g/mol. The topological polar surface area (TPSA) is 40.5 Å². The van der Waals surface area contributed by atoms with Gasteiger partial charge in [0, 0.05) is 11.6 Å². The van der Waals surface area contributed by atoms with E-state index in [1.54, 1.807) is 4.90 Å². The predicted molar refractivity (Wildman–Crippen MR) is 72.0 cm³/mol. The van der Waals surface area contributed by atoms with Gasteiger partial charge >= 0.3 is 0 Å². The Morgan fingerprint density at radius 1 is 1.33 bits per heavy atom. The highest BCUT2D eigenvalue weighted by molar-refractivity contribution is 5.97. The first-order chi connectivity index (χ1) is 8.66. The Balaban J connectivity index is 2.01. The van der Waals surface area contributed by atoms with Crippen molar-refractivity contribution < 1.29 is 9.90 Å². The highest BCUT2D eigenvalue weighted by Crippen LogP contribution is 2.36. The van der Waals surface area contributed by atoms with Crippen molar-refractivity contribution >= 4 is 5.91 Å². The van der Waals surface area contributed by atoms with Crippen molar-refractivity contribution in [2.75, 3.05) is 0 Å². The van der Waals surface area contributed by atoms with Crippen molar-refractivity contribution in [1.29, 1.82) is 0 Å². The van der Waals surface area contributed by atoms with Crippen LogP contribution in [0.3, 0.4) is 0 Å². The molecule has 2 atom stereocenters. The van der Waals surface area contributed by atoms with Crippen molar-refractivity contribution in [3.8, 4) is 0 Å². The molecule has 1 N–H and O–H groups in total. The zero-order valence-corrected chi connectivity index (χ0v) is 11.6. The minimum absolute atomic E-state index is 0.0983. The zero-order chi connectivity index (χ0) is 13.1. The van der Waals surface area contributed by atoms with Crippen molar-refractivity contribution in [2.24, 2.45) is 0 Å². The van der Waals surface area contributed by atoms with E-state index in [2.05, 4.69) is 13.8 Å². The van der Waals surface area contributed by atoms with E-state index in [9.17, 15) is 9.90 Å².